The average molecular weight is 226 g/mol. The van der Waals surface area contributed by atoms with Crippen molar-refractivity contribution in [3.05, 3.63) is 35.6 Å². The predicted octanol–water partition coefficient (Wildman–Crippen LogP) is 1.40. The second kappa shape index (κ2) is 4.49. The van der Waals surface area contributed by atoms with Crippen LogP contribution in [0.5, 0.6) is 0 Å². The van der Waals surface area contributed by atoms with Crippen molar-refractivity contribution in [2.45, 2.75) is 37.8 Å². The van der Waals surface area contributed by atoms with Crippen molar-refractivity contribution in [1.29, 1.82) is 0 Å². The highest BCUT2D eigenvalue weighted by atomic mass is 19.1. The van der Waals surface area contributed by atoms with Crippen molar-refractivity contribution < 1.29 is 19.3 Å². The number of aliphatic hydroxyl groups excluding tert-OH is 2. The van der Waals surface area contributed by atoms with Gasteiger partial charge in [0.2, 0.25) is 0 Å². The summed E-state index contributed by atoms with van der Waals surface area (Å²) in [6.45, 7) is 1.77. The summed E-state index contributed by atoms with van der Waals surface area (Å²) >= 11 is 0. The Kier molecular flexibility index (Phi) is 3.23. The van der Waals surface area contributed by atoms with Crippen molar-refractivity contribution in [2.75, 3.05) is 0 Å². The highest BCUT2D eigenvalue weighted by Crippen LogP contribution is 2.30. The molecule has 0 spiro atoms. The molecule has 1 saturated heterocycles. The maximum atomic E-state index is 12.7. The molecular weight excluding hydrogens is 211 g/mol. The Morgan fingerprint density at radius 3 is 2.50 bits per heavy atom. The topological polar surface area (TPSA) is 49.7 Å². The highest BCUT2D eigenvalue weighted by Gasteiger charge is 2.35. The number of aliphatic hydroxyl groups is 2. The zero-order valence-electron chi connectivity index (χ0n) is 9.01. The van der Waals surface area contributed by atoms with Crippen LogP contribution < -0.4 is 0 Å². The lowest BCUT2D eigenvalue weighted by Crippen LogP contribution is -2.18. The summed E-state index contributed by atoms with van der Waals surface area (Å²) in [6, 6.07) is 5.65. The van der Waals surface area contributed by atoms with Crippen LogP contribution in [0, 0.1) is 5.82 Å². The summed E-state index contributed by atoms with van der Waals surface area (Å²) in [7, 11) is 0. The summed E-state index contributed by atoms with van der Waals surface area (Å²) in [4.78, 5) is 0. The fourth-order valence-corrected chi connectivity index (χ4v) is 1.93. The minimum atomic E-state index is -0.819. The predicted molar refractivity (Wildman–Crippen MR) is 56.3 cm³/mol. The summed E-state index contributed by atoms with van der Waals surface area (Å²) < 4.78 is 18.1. The second-order valence-electron chi connectivity index (χ2n) is 4.18. The lowest BCUT2D eigenvalue weighted by Gasteiger charge is -2.18. The summed E-state index contributed by atoms with van der Waals surface area (Å²) in [5.41, 5.74) is 0.604. The molecule has 1 aliphatic heterocycles. The molecule has 4 atom stereocenters. The summed E-state index contributed by atoms with van der Waals surface area (Å²) in [5.74, 6) is -0.336. The van der Waals surface area contributed by atoms with E-state index >= 15 is 0 Å². The van der Waals surface area contributed by atoms with Gasteiger partial charge < -0.3 is 14.9 Å². The normalized spacial score (nSPS) is 31.6. The fraction of sp³-hybridized carbons (Fsp3) is 0.500. The fourth-order valence-electron chi connectivity index (χ4n) is 1.93. The number of ether oxygens (including phenoxy) is 1. The van der Waals surface area contributed by atoms with E-state index in [0.717, 1.165) is 0 Å². The van der Waals surface area contributed by atoms with Gasteiger partial charge in [-0.15, -0.1) is 0 Å². The number of halogens is 1. The molecule has 0 aromatic heterocycles. The van der Waals surface area contributed by atoms with Gasteiger partial charge in [-0.2, -0.15) is 0 Å². The molecule has 1 aliphatic rings. The van der Waals surface area contributed by atoms with E-state index in [9.17, 15) is 14.6 Å². The number of benzene rings is 1. The first-order valence-corrected chi connectivity index (χ1v) is 5.35. The zero-order chi connectivity index (χ0) is 11.7. The van der Waals surface area contributed by atoms with E-state index in [2.05, 4.69) is 0 Å². The van der Waals surface area contributed by atoms with Crippen LogP contribution in [0.4, 0.5) is 4.39 Å². The minimum Gasteiger partial charge on any atom is -0.390 e. The molecular formula is C12H15FO3. The van der Waals surface area contributed by atoms with E-state index in [4.69, 9.17) is 4.74 Å². The van der Waals surface area contributed by atoms with Crippen LogP contribution in [0.2, 0.25) is 0 Å². The van der Waals surface area contributed by atoms with Crippen molar-refractivity contribution in [3.63, 3.8) is 0 Å². The van der Waals surface area contributed by atoms with Gasteiger partial charge in [0.1, 0.15) is 11.9 Å². The van der Waals surface area contributed by atoms with E-state index in [1.165, 1.54) is 24.3 Å². The van der Waals surface area contributed by atoms with Gasteiger partial charge in [0.25, 0.3) is 0 Å². The Morgan fingerprint density at radius 1 is 1.38 bits per heavy atom. The Bertz CT molecular complexity index is 342. The molecule has 0 aliphatic carbocycles. The molecule has 2 rings (SSSR count). The molecule has 16 heavy (non-hydrogen) atoms. The standard InChI is InChI=1S/C12H15FO3/c1-7-10(14)6-11(16-7)12(15)8-2-4-9(13)5-3-8/h2-5,7,10-12,14-15H,6H2,1H3/t7-,10+,11-,12-/m0/s1. The molecule has 3 nitrogen and oxygen atoms in total. The number of hydrogen-bond donors (Lipinski definition) is 2. The van der Waals surface area contributed by atoms with E-state index in [0.29, 0.717) is 12.0 Å². The summed E-state index contributed by atoms with van der Waals surface area (Å²) in [6.07, 6.45) is -1.64. The van der Waals surface area contributed by atoms with E-state index in [-0.39, 0.29) is 11.9 Å². The van der Waals surface area contributed by atoms with Gasteiger partial charge in [0, 0.05) is 6.42 Å². The first kappa shape index (κ1) is 11.5. The quantitative estimate of drug-likeness (QED) is 0.801. The maximum absolute atomic E-state index is 12.7. The van der Waals surface area contributed by atoms with Gasteiger partial charge in [-0.1, -0.05) is 12.1 Å². The SMILES string of the molecule is C[C@@H]1O[C@H]([C@@H](O)c2ccc(F)cc2)C[C@H]1O. The molecule has 88 valence electrons. The largest absolute Gasteiger partial charge is 0.390 e. The molecule has 2 N–H and O–H groups in total. The molecule has 1 aromatic rings. The van der Waals surface area contributed by atoms with Crippen molar-refractivity contribution in [3.8, 4) is 0 Å². The van der Waals surface area contributed by atoms with E-state index < -0.39 is 18.3 Å². The lowest BCUT2D eigenvalue weighted by molar-refractivity contribution is -0.0380. The zero-order valence-corrected chi connectivity index (χ0v) is 9.01. The van der Waals surface area contributed by atoms with Gasteiger partial charge in [0.15, 0.2) is 0 Å². The Morgan fingerprint density at radius 2 is 2.00 bits per heavy atom. The Labute approximate surface area is 93.5 Å². The monoisotopic (exact) mass is 226 g/mol. The molecule has 4 heteroatoms. The molecule has 0 radical (unpaired) electrons. The average Bonchev–Trinajstić information content (AvgIpc) is 2.59. The smallest absolute Gasteiger partial charge is 0.123 e. The third kappa shape index (κ3) is 2.24. The molecule has 0 amide bonds. The second-order valence-corrected chi connectivity index (χ2v) is 4.18. The lowest BCUT2D eigenvalue weighted by atomic mass is 10.0. The van der Waals surface area contributed by atoms with Gasteiger partial charge in [-0.05, 0) is 24.6 Å². The van der Waals surface area contributed by atoms with Crippen molar-refractivity contribution in [1.82, 2.24) is 0 Å². The van der Waals surface area contributed by atoms with Crippen LogP contribution in [0.25, 0.3) is 0 Å². The van der Waals surface area contributed by atoms with Gasteiger partial charge >= 0.3 is 0 Å². The van der Waals surface area contributed by atoms with E-state index in [1.807, 2.05) is 0 Å². The summed E-state index contributed by atoms with van der Waals surface area (Å²) in [5, 5.41) is 19.5. The minimum absolute atomic E-state index is 0.264. The van der Waals surface area contributed by atoms with Gasteiger partial charge in [0.05, 0.1) is 18.3 Å². The molecule has 0 saturated carbocycles. The molecule has 1 heterocycles. The van der Waals surface area contributed by atoms with Crippen LogP contribution in [0.1, 0.15) is 25.0 Å². The molecule has 1 aromatic carbocycles. The first-order valence-electron chi connectivity index (χ1n) is 5.35. The number of rotatable bonds is 2. The van der Waals surface area contributed by atoms with Crippen LogP contribution in [0.15, 0.2) is 24.3 Å². The molecule has 1 fully saturated rings. The van der Waals surface area contributed by atoms with E-state index in [1.54, 1.807) is 6.92 Å². The third-order valence-corrected chi connectivity index (χ3v) is 2.97. The first-order chi connectivity index (χ1) is 7.58. The van der Waals surface area contributed by atoms with Gasteiger partial charge in [-0.3, -0.25) is 0 Å². The Hall–Kier alpha value is -0.970. The Balaban J connectivity index is 2.08. The van der Waals surface area contributed by atoms with Crippen LogP contribution >= 0.6 is 0 Å². The third-order valence-electron chi connectivity index (χ3n) is 2.97. The van der Waals surface area contributed by atoms with Crippen LogP contribution in [-0.2, 0) is 4.74 Å². The van der Waals surface area contributed by atoms with Crippen LogP contribution in [0.3, 0.4) is 0 Å². The van der Waals surface area contributed by atoms with Crippen molar-refractivity contribution in [2.24, 2.45) is 0 Å². The number of hydrogen-bond acceptors (Lipinski definition) is 3. The molecule has 0 bridgehead atoms. The van der Waals surface area contributed by atoms with Crippen LogP contribution in [-0.4, -0.2) is 28.5 Å². The van der Waals surface area contributed by atoms with Crippen molar-refractivity contribution >= 4 is 0 Å². The van der Waals surface area contributed by atoms with Gasteiger partial charge in [-0.25, -0.2) is 4.39 Å². The molecule has 0 unspecified atom stereocenters. The highest BCUT2D eigenvalue weighted by molar-refractivity contribution is 5.19. The maximum Gasteiger partial charge on any atom is 0.123 e.